The summed E-state index contributed by atoms with van der Waals surface area (Å²) in [5, 5.41) is 3.05. The van der Waals surface area contributed by atoms with Crippen molar-refractivity contribution in [2.24, 2.45) is 11.3 Å². The molecule has 0 saturated heterocycles. The predicted molar refractivity (Wildman–Crippen MR) is 82.4 cm³/mol. The largest absolute Gasteiger partial charge is 0.347 e. The number of hydrazine groups is 1. The van der Waals surface area contributed by atoms with Crippen LogP contribution in [0.4, 0.5) is 5.69 Å². The second-order valence-corrected chi connectivity index (χ2v) is 7.09. The Morgan fingerprint density at radius 1 is 1.30 bits per heavy atom. The third-order valence-electron chi connectivity index (χ3n) is 2.86. The van der Waals surface area contributed by atoms with E-state index >= 15 is 0 Å². The van der Waals surface area contributed by atoms with Gasteiger partial charge in [-0.05, 0) is 38.7 Å². The standard InChI is InChI=1S/C15H26N4O/c1-10-7-12(19-16)11(8-17-10)13(20)18-15(5,6)9-14(2,3)4/h7-8H,9,16H2,1-6H3,(H,17,19)(H,18,20). The number of nitrogens with one attached hydrogen (secondary N) is 2. The summed E-state index contributed by atoms with van der Waals surface area (Å²) in [6.07, 6.45) is 2.42. The van der Waals surface area contributed by atoms with Crippen molar-refractivity contribution in [3.05, 3.63) is 23.5 Å². The van der Waals surface area contributed by atoms with Crippen LogP contribution in [0.25, 0.3) is 0 Å². The van der Waals surface area contributed by atoms with E-state index in [1.165, 1.54) is 0 Å². The molecule has 1 heterocycles. The molecule has 0 aliphatic rings. The van der Waals surface area contributed by atoms with Gasteiger partial charge in [-0.25, -0.2) is 0 Å². The molecule has 0 saturated carbocycles. The Morgan fingerprint density at radius 3 is 2.40 bits per heavy atom. The molecule has 0 bridgehead atoms. The fourth-order valence-corrected chi connectivity index (χ4v) is 2.60. The Labute approximate surface area is 121 Å². The van der Waals surface area contributed by atoms with Crippen LogP contribution in [0.5, 0.6) is 0 Å². The SMILES string of the molecule is Cc1cc(NN)c(C(=O)NC(C)(C)CC(C)(C)C)cn1. The van der Waals surface area contributed by atoms with E-state index in [1.54, 1.807) is 12.3 Å². The van der Waals surface area contributed by atoms with Gasteiger partial charge in [0, 0.05) is 17.4 Å². The number of nitrogens with zero attached hydrogens (tertiary/aromatic N) is 1. The normalized spacial score (nSPS) is 12.2. The highest BCUT2D eigenvalue weighted by Gasteiger charge is 2.28. The first-order valence-corrected chi connectivity index (χ1v) is 6.80. The number of hydrogen-bond donors (Lipinski definition) is 3. The van der Waals surface area contributed by atoms with E-state index in [2.05, 4.69) is 36.5 Å². The van der Waals surface area contributed by atoms with Crippen molar-refractivity contribution in [3.8, 4) is 0 Å². The lowest BCUT2D eigenvalue weighted by Crippen LogP contribution is -2.46. The van der Waals surface area contributed by atoms with E-state index in [0.29, 0.717) is 11.3 Å². The quantitative estimate of drug-likeness (QED) is 0.584. The number of pyridine rings is 1. The first-order valence-electron chi connectivity index (χ1n) is 6.80. The Balaban J connectivity index is 2.91. The Hall–Kier alpha value is -1.62. The van der Waals surface area contributed by atoms with Crippen LogP contribution in [0.1, 0.15) is 57.1 Å². The molecule has 1 aromatic rings. The number of nitrogens with two attached hydrogens (primary N) is 1. The summed E-state index contributed by atoms with van der Waals surface area (Å²) < 4.78 is 0. The van der Waals surface area contributed by atoms with Gasteiger partial charge in [-0.2, -0.15) is 0 Å². The molecule has 0 aliphatic heterocycles. The lowest BCUT2D eigenvalue weighted by Gasteiger charge is -2.33. The molecule has 5 nitrogen and oxygen atoms in total. The molecule has 0 aliphatic carbocycles. The molecule has 1 aromatic heterocycles. The molecule has 0 aromatic carbocycles. The third-order valence-corrected chi connectivity index (χ3v) is 2.86. The first kappa shape index (κ1) is 16.4. The fraction of sp³-hybridized carbons (Fsp3) is 0.600. The summed E-state index contributed by atoms with van der Waals surface area (Å²) in [6.45, 7) is 12.4. The van der Waals surface area contributed by atoms with Crippen LogP contribution in [-0.4, -0.2) is 16.4 Å². The number of hydrogen-bond acceptors (Lipinski definition) is 4. The molecule has 0 unspecified atom stereocenters. The second kappa shape index (κ2) is 5.79. The van der Waals surface area contributed by atoms with Crippen molar-refractivity contribution in [1.82, 2.24) is 10.3 Å². The van der Waals surface area contributed by atoms with Gasteiger partial charge >= 0.3 is 0 Å². The molecule has 112 valence electrons. The van der Waals surface area contributed by atoms with Crippen molar-refractivity contribution >= 4 is 11.6 Å². The smallest absolute Gasteiger partial charge is 0.255 e. The van der Waals surface area contributed by atoms with Gasteiger partial charge < -0.3 is 10.7 Å². The van der Waals surface area contributed by atoms with Crippen molar-refractivity contribution in [2.45, 2.75) is 53.5 Å². The zero-order chi connectivity index (χ0) is 15.6. The minimum Gasteiger partial charge on any atom is -0.347 e. The third kappa shape index (κ3) is 4.81. The number of nitrogen functional groups attached to an aromatic ring is 1. The van der Waals surface area contributed by atoms with Crippen LogP contribution in [-0.2, 0) is 0 Å². The van der Waals surface area contributed by atoms with Crippen molar-refractivity contribution < 1.29 is 4.79 Å². The van der Waals surface area contributed by atoms with Gasteiger partial charge in [0.25, 0.3) is 5.91 Å². The monoisotopic (exact) mass is 278 g/mol. The molecular formula is C15H26N4O. The average molecular weight is 278 g/mol. The molecule has 5 heteroatoms. The van der Waals surface area contributed by atoms with E-state index in [1.807, 2.05) is 20.8 Å². The van der Waals surface area contributed by atoms with E-state index in [4.69, 9.17) is 5.84 Å². The number of anilines is 1. The van der Waals surface area contributed by atoms with Crippen LogP contribution in [0, 0.1) is 12.3 Å². The fourth-order valence-electron chi connectivity index (χ4n) is 2.60. The highest BCUT2D eigenvalue weighted by molar-refractivity contribution is 5.99. The second-order valence-electron chi connectivity index (χ2n) is 7.09. The molecule has 0 radical (unpaired) electrons. The van der Waals surface area contributed by atoms with Crippen molar-refractivity contribution in [2.75, 3.05) is 5.43 Å². The maximum absolute atomic E-state index is 12.4. The van der Waals surface area contributed by atoms with Crippen molar-refractivity contribution in [1.29, 1.82) is 0 Å². The van der Waals surface area contributed by atoms with Gasteiger partial charge in [0.05, 0.1) is 11.3 Å². The highest BCUT2D eigenvalue weighted by atomic mass is 16.1. The molecule has 4 N–H and O–H groups in total. The van der Waals surface area contributed by atoms with Crippen molar-refractivity contribution in [3.63, 3.8) is 0 Å². The number of rotatable bonds is 4. The van der Waals surface area contributed by atoms with Gasteiger partial charge in [0.1, 0.15) is 0 Å². The summed E-state index contributed by atoms with van der Waals surface area (Å²) in [4.78, 5) is 16.5. The maximum atomic E-state index is 12.4. The lowest BCUT2D eigenvalue weighted by atomic mass is 9.81. The number of carbonyl (C=O) groups is 1. The Morgan fingerprint density at radius 2 is 1.90 bits per heavy atom. The molecule has 0 atom stereocenters. The minimum absolute atomic E-state index is 0.136. The molecule has 1 amide bonds. The van der Waals surface area contributed by atoms with Crippen LogP contribution in [0.15, 0.2) is 12.3 Å². The lowest BCUT2D eigenvalue weighted by molar-refractivity contribution is 0.0892. The van der Waals surface area contributed by atoms with Gasteiger partial charge in [-0.15, -0.1) is 0 Å². The van der Waals surface area contributed by atoms with Crippen LogP contribution in [0.3, 0.4) is 0 Å². The zero-order valence-corrected chi connectivity index (χ0v) is 13.3. The summed E-state index contributed by atoms with van der Waals surface area (Å²) >= 11 is 0. The van der Waals surface area contributed by atoms with Crippen LogP contribution < -0.4 is 16.6 Å². The van der Waals surface area contributed by atoms with Gasteiger partial charge in [0.2, 0.25) is 0 Å². The summed E-state index contributed by atoms with van der Waals surface area (Å²) in [7, 11) is 0. The van der Waals surface area contributed by atoms with Gasteiger partial charge in [-0.3, -0.25) is 15.6 Å². The zero-order valence-electron chi connectivity index (χ0n) is 13.3. The molecule has 20 heavy (non-hydrogen) atoms. The maximum Gasteiger partial charge on any atom is 0.255 e. The van der Waals surface area contributed by atoms with E-state index < -0.39 is 0 Å². The van der Waals surface area contributed by atoms with Gasteiger partial charge in [-0.1, -0.05) is 20.8 Å². The minimum atomic E-state index is -0.300. The predicted octanol–water partition coefficient (Wildman–Crippen LogP) is 2.62. The number of amides is 1. The first-order chi connectivity index (χ1) is 9.04. The van der Waals surface area contributed by atoms with E-state index in [-0.39, 0.29) is 16.9 Å². The van der Waals surface area contributed by atoms with E-state index in [9.17, 15) is 4.79 Å². The number of aryl methyl sites for hydroxylation is 1. The molecule has 0 fully saturated rings. The number of carbonyl (C=O) groups excluding carboxylic acids is 1. The summed E-state index contributed by atoms with van der Waals surface area (Å²) in [5.41, 5.74) is 4.24. The topological polar surface area (TPSA) is 80.0 Å². The molecule has 1 rings (SSSR count). The summed E-state index contributed by atoms with van der Waals surface area (Å²) in [5.74, 6) is 5.30. The number of aromatic nitrogens is 1. The summed E-state index contributed by atoms with van der Waals surface area (Å²) in [6, 6.07) is 1.76. The van der Waals surface area contributed by atoms with E-state index in [0.717, 1.165) is 12.1 Å². The molecule has 0 spiro atoms. The van der Waals surface area contributed by atoms with Crippen LogP contribution >= 0.6 is 0 Å². The van der Waals surface area contributed by atoms with Crippen LogP contribution in [0.2, 0.25) is 0 Å². The molecular weight excluding hydrogens is 252 g/mol. The Kier molecular flexibility index (Phi) is 4.76. The average Bonchev–Trinajstić information content (AvgIpc) is 2.24. The highest BCUT2D eigenvalue weighted by Crippen LogP contribution is 2.27. The Bertz CT molecular complexity index is 489. The van der Waals surface area contributed by atoms with Gasteiger partial charge in [0.15, 0.2) is 0 Å².